The molecule has 1 heterocycles. The van der Waals surface area contributed by atoms with Gasteiger partial charge in [-0.2, -0.15) is 0 Å². The molecule has 2 amide bonds. The molecule has 1 N–H and O–H groups in total. The Hall–Kier alpha value is -3.39. The van der Waals surface area contributed by atoms with Crippen LogP contribution in [0.1, 0.15) is 36.4 Å². The third-order valence-corrected chi connectivity index (χ3v) is 6.63. The molecule has 1 aromatic heterocycles. The zero-order valence-corrected chi connectivity index (χ0v) is 22.6. The van der Waals surface area contributed by atoms with Crippen molar-refractivity contribution in [2.75, 3.05) is 18.2 Å². The lowest BCUT2D eigenvalue weighted by Crippen LogP contribution is -2.50. The molecule has 36 heavy (non-hydrogen) atoms. The van der Waals surface area contributed by atoms with Crippen molar-refractivity contribution in [3.05, 3.63) is 77.1 Å². The van der Waals surface area contributed by atoms with Crippen molar-refractivity contribution in [3.8, 4) is 5.75 Å². The molecule has 0 saturated heterocycles. The Morgan fingerprint density at radius 3 is 2.22 bits per heavy atom. The predicted octanol–water partition coefficient (Wildman–Crippen LogP) is 5.19. The van der Waals surface area contributed by atoms with Crippen molar-refractivity contribution >= 4 is 29.3 Å². The van der Waals surface area contributed by atoms with Gasteiger partial charge >= 0.3 is 0 Å². The molecule has 3 aromatic rings. The lowest BCUT2D eigenvalue weighted by atomic mass is 9.99. The van der Waals surface area contributed by atoms with E-state index in [4.69, 9.17) is 4.74 Å². The van der Waals surface area contributed by atoms with E-state index in [1.807, 2.05) is 65.0 Å². The number of thioether (sulfide) groups is 1. The van der Waals surface area contributed by atoms with E-state index in [1.54, 1.807) is 36.3 Å². The molecule has 0 bridgehead atoms. The maximum atomic E-state index is 13.6. The SMILES string of the molecule is COc1ccc(NC(=O)[C@H](C(C)C)N(Cc2ccccc2C)C(=O)CSc2nc(C)cc(C)n2)cc1. The molecule has 190 valence electrons. The Balaban J connectivity index is 1.87. The average Bonchev–Trinajstić information content (AvgIpc) is 2.83. The van der Waals surface area contributed by atoms with Gasteiger partial charge in [-0.3, -0.25) is 9.59 Å². The van der Waals surface area contributed by atoms with Gasteiger partial charge in [0.15, 0.2) is 5.16 Å². The maximum Gasteiger partial charge on any atom is 0.247 e. The highest BCUT2D eigenvalue weighted by Crippen LogP contribution is 2.23. The van der Waals surface area contributed by atoms with Crippen molar-refractivity contribution < 1.29 is 14.3 Å². The Labute approximate surface area is 217 Å². The highest BCUT2D eigenvalue weighted by atomic mass is 32.2. The first-order valence-electron chi connectivity index (χ1n) is 11.9. The number of hydrogen-bond donors (Lipinski definition) is 1. The van der Waals surface area contributed by atoms with Gasteiger partial charge in [-0.1, -0.05) is 49.9 Å². The first-order chi connectivity index (χ1) is 17.2. The van der Waals surface area contributed by atoms with E-state index >= 15 is 0 Å². The number of aromatic nitrogens is 2. The van der Waals surface area contributed by atoms with Crippen molar-refractivity contribution in [3.63, 3.8) is 0 Å². The van der Waals surface area contributed by atoms with Crippen LogP contribution in [0, 0.1) is 26.7 Å². The fraction of sp³-hybridized carbons (Fsp3) is 0.357. The number of aryl methyl sites for hydroxylation is 3. The second kappa shape index (κ2) is 12.5. The number of nitrogens with zero attached hydrogens (tertiary/aromatic N) is 3. The quantitative estimate of drug-likeness (QED) is 0.301. The second-order valence-electron chi connectivity index (χ2n) is 9.08. The van der Waals surface area contributed by atoms with Crippen molar-refractivity contribution in [2.24, 2.45) is 5.92 Å². The first kappa shape index (κ1) is 27.2. The van der Waals surface area contributed by atoms with Gasteiger partial charge in [0.2, 0.25) is 11.8 Å². The van der Waals surface area contributed by atoms with Crippen molar-refractivity contribution in [2.45, 2.75) is 52.4 Å². The van der Waals surface area contributed by atoms with Crippen LogP contribution in [0.25, 0.3) is 0 Å². The van der Waals surface area contributed by atoms with E-state index in [2.05, 4.69) is 15.3 Å². The molecule has 0 aliphatic carbocycles. The monoisotopic (exact) mass is 506 g/mol. The number of methoxy groups -OCH3 is 1. The predicted molar refractivity (Wildman–Crippen MR) is 144 cm³/mol. The van der Waals surface area contributed by atoms with E-state index in [-0.39, 0.29) is 23.5 Å². The van der Waals surface area contributed by atoms with Gasteiger partial charge in [0.1, 0.15) is 11.8 Å². The summed E-state index contributed by atoms with van der Waals surface area (Å²) in [7, 11) is 1.60. The smallest absolute Gasteiger partial charge is 0.247 e. The minimum Gasteiger partial charge on any atom is -0.497 e. The summed E-state index contributed by atoms with van der Waals surface area (Å²) in [6, 6.07) is 16.3. The van der Waals surface area contributed by atoms with Crippen LogP contribution in [-0.2, 0) is 16.1 Å². The van der Waals surface area contributed by atoms with Crippen molar-refractivity contribution in [1.29, 1.82) is 0 Å². The molecule has 0 radical (unpaired) electrons. The van der Waals surface area contributed by atoms with Crippen LogP contribution in [-0.4, -0.2) is 45.6 Å². The zero-order valence-electron chi connectivity index (χ0n) is 21.7. The van der Waals surface area contributed by atoms with Crippen LogP contribution in [0.4, 0.5) is 5.69 Å². The van der Waals surface area contributed by atoms with Crippen LogP contribution in [0.2, 0.25) is 0 Å². The molecule has 8 heteroatoms. The Morgan fingerprint density at radius 1 is 1.00 bits per heavy atom. The molecule has 0 fully saturated rings. The summed E-state index contributed by atoms with van der Waals surface area (Å²) in [5.41, 5.74) is 4.43. The summed E-state index contributed by atoms with van der Waals surface area (Å²) in [5.74, 6) is 0.349. The molecular formula is C28H34N4O3S. The fourth-order valence-electron chi connectivity index (χ4n) is 3.97. The number of hydrogen-bond acceptors (Lipinski definition) is 6. The van der Waals surface area contributed by atoms with Crippen LogP contribution >= 0.6 is 11.8 Å². The van der Waals surface area contributed by atoms with E-state index in [0.717, 1.165) is 22.5 Å². The molecule has 7 nitrogen and oxygen atoms in total. The number of ether oxygens (including phenoxy) is 1. The van der Waals surface area contributed by atoms with E-state index in [9.17, 15) is 9.59 Å². The molecule has 0 aliphatic rings. The molecule has 0 aliphatic heterocycles. The summed E-state index contributed by atoms with van der Waals surface area (Å²) in [5, 5.41) is 3.54. The second-order valence-corrected chi connectivity index (χ2v) is 10.0. The minimum absolute atomic E-state index is 0.112. The Bertz CT molecular complexity index is 1180. The Kier molecular flexibility index (Phi) is 9.47. The van der Waals surface area contributed by atoms with Crippen LogP contribution in [0.3, 0.4) is 0 Å². The normalized spacial score (nSPS) is 11.8. The fourth-order valence-corrected chi connectivity index (χ4v) is 4.81. The molecule has 0 saturated carbocycles. The summed E-state index contributed by atoms with van der Waals surface area (Å²) in [4.78, 5) is 37.7. The third kappa shape index (κ3) is 7.31. The lowest BCUT2D eigenvalue weighted by Gasteiger charge is -2.34. The van der Waals surface area contributed by atoms with Crippen LogP contribution in [0.5, 0.6) is 5.75 Å². The van der Waals surface area contributed by atoms with E-state index in [0.29, 0.717) is 23.1 Å². The number of amides is 2. The molecule has 0 spiro atoms. The largest absolute Gasteiger partial charge is 0.497 e. The number of benzene rings is 2. The Morgan fingerprint density at radius 2 is 1.64 bits per heavy atom. The molecule has 1 atom stereocenters. The third-order valence-electron chi connectivity index (χ3n) is 5.80. The summed E-state index contributed by atoms with van der Waals surface area (Å²) in [6.07, 6.45) is 0. The van der Waals surface area contributed by atoms with Gasteiger partial charge in [0.25, 0.3) is 0 Å². The zero-order chi connectivity index (χ0) is 26.2. The number of anilines is 1. The van der Waals surface area contributed by atoms with E-state index < -0.39 is 6.04 Å². The maximum absolute atomic E-state index is 13.6. The lowest BCUT2D eigenvalue weighted by molar-refractivity contribution is -0.138. The molecular weight excluding hydrogens is 472 g/mol. The van der Waals surface area contributed by atoms with Gasteiger partial charge in [-0.25, -0.2) is 9.97 Å². The highest BCUT2D eigenvalue weighted by Gasteiger charge is 2.33. The minimum atomic E-state index is -0.667. The number of nitrogens with one attached hydrogen (secondary N) is 1. The highest BCUT2D eigenvalue weighted by molar-refractivity contribution is 7.99. The van der Waals surface area contributed by atoms with Crippen LogP contribution in [0.15, 0.2) is 59.8 Å². The van der Waals surface area contributed by atoms with Gasteiger partial charge in [0, 0.05) is 23.6 Å². The van der Waals surface area contributed by atoms with Gasteiger partial charge in [-0.05, 0) is 68.1 Å². The van der Waals surface area contributed by atoms with Crippen molar-refractivity contribution in [1.82, 2.24) is 14.9 Å². The topological polar surface area (TPSA) is 84.4 Å². The first-order valence-corrected chi connectivity index (χ1v) is 12.9. The summed E-state index contributed by atoms with van der Waals surface area (Å²) < 4.78 is 5.21. The molecule has 3 rings (SSSR count). The van der Waals surface area contributed by atoms with Gasteiger partial charge < -0.3 is 15.0 Å². The van der Waals surface area contributed by atoms with E-state index in [1.165, 1.54) is 11.8 Å². The summed E-state index contributed by atoms with van der Waals surface area (Å²) in [6.45, 7) is 10.1. The van der Waals surface area contributed by atoms with Gasteiger partial charge in [0.05, 0.1) is 12.9 Å². The number of carbonyl (C=O) groups excluding carboxylic acids is 2. The van der Waals surface area contributed by atoms with Crippen LogP contribution < -0.4 is 10.1 Å². The number of carbonyl (C=O) groups is 2. The number of rotatable bonds is 10. The van der Waals surface area contributed by atoms with Gasteiger partial charge in [-0.15, -0.1) is 0 Å². The molecule has 0 unspecified atom stereocenters. The average molecular weight is 507 g/mol. The molecule has 2 aromatic carbocycles. The summed E-state index contributed by atoms with van der Waals surface area (Å²) >= 11 is 1.29. The standard InChI is InChI=1S/C28H34N4O3S/c1-18(2)26(27(34)31-23-11-13-24(35-6)14-12-23)32(16-22-10-8-7-9-19(22)3)25(33)17-36-28-29-20(4)15-21(5)30-28/h7-15,18,26H,16-17H2,1-6H3,(H,31,34)/t26-/m0/s1.